The Hall–Kier alpha value is -1.14. The molecule has 0 spiro atoms. The Labute approximate surface area is 438 Å². The number of amides is 1. The van der Waals surface area contributed by atoms with Gasteiger partial charge in [0.2, 0.25) is 5.91 Å². The van der Waals surface area contributed by atoms with Crippen molar-refractivity contribution in [3.63, 3.8) is 0 Å². The molecule has 0 aromatic rings. The molecule has 0 aromatic heterocycles. The Kier molecular flexibility index (Phi) is 59.4. The first-order chi connectivity index (χ1) is 34.5. The van der Waals surface area contributed by atoms with E-state index < -0.39 is 12.1 Å². The smallest absolute Gasteiger partial charge is 0.305 e. The topological polar surface area (TPSA) is 95.9 Å². The van der Waals surface area contributed by atoms with Gasteiger partial charge in [0.15, 0.2) is 0 Å². The fraction of sp³-hybridized carbons (Fsp3) is 0.969. The maximum absolute atomic E-state index is 12.5. The Bertz CT molecular complexity index is 1010. The summed E-state index contributed by atoms with van der Waals surface area (Å²) in [6.45, 7) is 4.99. The van der Waals surface area contributed by atoms with Crippen LogP contribution in [-0.2, 0) is 14.3 Å². The number of carbonyl (C=O) groups excluding carboxylic acids is 2. The second-order valence-corrected chi connectivity index (χ2v) is 22.5. The third-order valence-corrected chi connectivity index (χ3v) is 15.4. The highest BCUT2D eigenvalue weighted by atomic mass is 16.5. The first-order valence-electron chi connectivity index (χ1n) is 32.3. The van der Waals surface area contributed by atoms with Crippen LogP contribution < -0.4 is 5.32 Å². The van der Waals surface area contributed by atoms with Gasteiger partial charge in [-0.3, -0.25) is 9.59 Å². The molecule has 0 fully saturated rings. The number of nitrogens with one attached hydrogen (secondary N) is 1. The summed E-state index contributed by atoms with van der Waals surface area (Å²) in [5.74, 6) is -0.0173. The van der Waals surface area contributed by atoms with Crippen molar-refractivity contribution in [2.75, 3.05) is 13.2 Å². The zero-order valence-electron chi connectivity index (χ0n) is 47.8. The van der Waals surface area contributed by atoms with Gasteiger partial charge in [-0.25, -0.2) is 0 Å². The van der Waals surface area contributed by atoms with E-state index in [0.29, 0.717) is 25.9 Å². The summed E-state index contributed by atoms with van der Waals surface area (Å²) in [7, 11) is 0. The van der Waals surface area contributed by atoms with Gasteiger partial charge in [0.25, 0.3) is 0 Å². The number of carbonyl (C=O) groups is 2. The highest BCUT2D eigenvalue weighted by Crippen LogP contribution is 2.19. The van der Waals surface area contributed by atoms with Crippen LogP contribution in [-0.4, -0.2) is 47.4 Å². The molecule has 0 aromatic carbocycles. The summed E-state index contributed by atoms with van der Waals surface area (Å²) in [5.41, 5.74) is 0. The molecular weight excluding hydrogens is 863 g/mol. The zero-order valence-corrected chi connectivity index (χ0v) is 47.8. The lowest BCUT2D eigenvalue weighted by Crippen LogP contribution is -2.45. The normalized spacial score (nSPS) is 12.5. The fourth-order valence-electron chi connectivity index (χ4n) is 10.5. The Morgan fingerprint density at radius 1 is 0.343 bits per heavy atom. The number of rotatable bonds is 61. The van der Waals surface area contributed by atoms with Gasteiger partial charge in [-0.15, -0.1) is 0 Å². The Morgan fingerprint density at radius 2 is 0.586 bits per heavy atom. The molecule has 0 aliphatic carbocycles. The molecule has 0 bridgehead atoms. The summed E-state index contributed by atoms with van der Waals surface area (Å²) >= 11 is 0. The molecule has 0 saturated carbocycles. The number of aliphatic hydroxyl groups is 2. The molecule has 6 nitrogen and oxygen atoms in total. The lowest BCUT2D eigenvalue weighted by molar-refractivity contribution is -0.143. The van der Waals surface area contributed by atoms with E-state index in [-0.39, 0.29) is 18.5 Å². The number of aliphatic hydroxyl groups excluding tert-OH is 2. The van der Waals surface area contributed by atoms with Crippen molar-refractivity contribution in [1.29, 1.82) is 0 Å². The standard InChI is InChI=1S/C64H127NO5/c1-3-5-7-9-11-13-15-17-18-19-20-24-27-30-33-36-40-44-48-52-56-62(67)61(60-66)65-63(68)57-53-49-45-41-37-34-31-28-25-22-21-23-26-29-32-35-39-43-47-51-55-59-70-64(69)58-54-50-46-42-38-16-14-12-10-8-6-4-2/h61-62,66-67H,3-60H2,1-2H3,(H,65,68). The van der Waals surface area contributed by atoms with Crippen LogP contribution in [0.3, 0.4) is 0 Å². The first kappa shape index (κ1) is 68.9. The van der Waals surface area contributed by atoms with Gasteiger partial charge in [-0.2, -0.15) is 0 Å². The minimum absolute atomic E-state index is 0.0140. The largest absolute Gasteiger partial charge is 0.466 e. The summed E-state index contributed by atoms with van der Waals surface area (Å²) < 4.78 is 5.48. The molecule has 0 rings (SSSR count). The van der Waals surface area contributed by atoms with E-state index in [1.165, 1.54) is 302 Å². The molecular formula is C64H127NO5. The summed E-state index contributed by atoms with van der Waals surface area (Å²) in [6.07, 6.45) is 71.2. The van der Waals surface area contributed by atoms with E-state index in [2.05, 4.69) is 19.2 Å². The van der Waals surface area contributed by atoms with Crippen LogP contribution in [0.5, 0.6) is 0 Å². The van der Waals surface area contributed by atoms with Gasteiger partial charge in [0, 0.05) is 12.8 Å². The molecule has 0 saturated heterocycles. The van der Waals surface area contributed by atoms with Crippen molar-refractivity contribution in [3.05, 3.63) is 0 Å². The third kappa shape index (κ3) is 56.2. The zero-order chi connectivity index (χ0) is 50.7. The fourth-order valence-corrected chi connectivity index (χ4v) is 10.5. The molecule has 1 amide bonds. The van der Waals surface area contributed by atoms with Gasteiger partial charge >= 0.3 is 5.97 Å². The first-order valence-corrected chi connectivity index (χ1v) is 32.3. The SMILES string of the molecule is CCCCCCCCCCCCCCCCCCCCCCC(O)C(CO)NC(=O)CCCCCCCCCCCCCCCCCCCCCCCOC(=O)CCCCCCCCCCCCCC. The maximum atomic E-state index is 12.5. The van der Waals surface area contributed by atoms with Crippen LogP contribution in [0.25, 0.3) is 0 Å². The molecule has 6 heteroatoms. The molecule has 2 unspecified atom stereocenters. The predicted octanol–water partition coefficient (Wildman–Crippen LogP) is 20.3. The van der Waals surface area contributed by atoms with Crippen LogP contribution in [0.15, 0.2) is 0 Å². The van der Waals surface area contributed by atoms with Crippen LogP contribution in [0.2, 0.25) is 0 Å². The Balaban J connectivity index is 3.38. The van der Waals surface area contributed by atoms with Gasteiger partial charge < -0.3 is 20.3 Å². The van der Waals surface area contributed by atoms with Crippen molar-refractivity contribution in [2.45, 2.75) is 386 Å². The van der Waals surface area contributed by atoms with Gasteiger partial charge in [0.05, 0.1) is 25.4 Å². The number of unbranched alkanes of at least 4 members (excludes halogenated alkanes) is 50. The van der Waals surface area contributed by atoms with E-state index in [9.17, 15) is 19.8 Å². The number of hydrogen-bond donors (Lipinski definition) is 3. The molecule has 0 aliphatic rings. The van der Waals surface area contributed by atoms with Crippen molar-refractivity contribution in [3.8, 4) is 0 Å². The average Bonchev–Trinajstić information content (AvgIpc) is 3.36. The second kappa shape index (κ2) is 60.4. The van der Waals surface area contributed by atoms with E-state index >= 15 is 0 Å². The van der Waals surface area contributed by atoms with E-state index in [4.69, 9.17) is 4.74 Å². The van der Waals surface area contributed by atoms with Crippen LogP contribution in [0.4, 0.5) is 0 Å². The molecule has 70 heavy (non-hydrogen) atoms. The van der Waals surface area contributed by atoms with E-state index in [0.717, 1.165) is 38.5 Å². The maximum Gasteiger partial charge on any atom is 0.305 e. The molecule has 2 atom stereocenters. The average molecular weight is 991 g/mol. The van der Waals surface area contributed by atoms with Crippen molar-refractivity contribution in [2.24, 2.45) is 0 Å². The van der Waals surface area contributed by atoms with Crippen molar-refractivity contribution in [1.82, 2.24) is 5.32 Å². The van der Waals surface area contributed by atoms with Crippen molar-refractivity contribution >= 4 is 11.9 Å². The number of esters is 1. The van der Waals surface area contributed by atoms with Gasteiger partial charge in [-0.05, 0) is 25.7 Å². The lowest BCUT2D eigenvalue weighted by atomic mass is 10.0. The third-order valence-electron chi connectivity index (χ3n) is 15.4. The highest BCUT2D eigenvalue weighted by molar-refractivity contribution is 5.76. The second-order valence-electron chi connectivity index (χ2n) is 22.5. The minimum atomic E-state index is -0.664. The predicted molar refractivity (Wildman–Crippen MR) is 306 cm³/mol. The number of ether oxygens (including phenoxy) is 1. The molecule has 0 aliphatic heterocycles. The summed E-state index contributed by atoms with van der Waals surface area (Å²) in [5, 5.41) is 23.4. The number of hydrogen-bond acceptors (Lipinski definition) is 5. The van der Waals surface area contributed by atoms with Crippen LogP contribution in [0.1, 0.15) is 373 Å². The van der Waals surface area contributed by atoms with E-state index in [1.54, 1.807) is 0 Å². The van der Waals surface area contributed by atoms with Gasteiger partial charge in [-0.1, -0.05) is 335 Å². The highest BCUT2D eigenvalue weighted by Gasteiger charge is 2.20. The molecule has 418 valence electrons. The van der Waals surface area contributed by atoms with Crippen LogP contribution >= 0.6 is 0 Å². The van der Waals surface area contributed by atoms with Crippen LogP contribution in [0, 0.1) is 0 Å². The molecule has 3 N–H and O–H groups in total. The summed E-state index contributed by atoms with van der Waals surface area (Å²) in [6, 6.07) is -0.541. The molecule has 0 radical (unpaired) electrons. The van der Waals surface area contributed by atoms with Gasteiger partial charge in [0.1, 0.15) is 0 Å². The van der Waals surface area contributed by atoms with E-state index in [1.807, 2.05) is 0 Å². The Morgan fingerprint density at radius 3 is 0.871 bits per heavy atom. The molecule has 0 heterocycles. The van der Waals surface area contributed by atoms with Crippen molar-refractivity contribution < 1.29 is 24.5 Å². The quantitative estimate of drug-likeness (QED) is 0.0417. The monoisotopic (exact) mass is 990 g/mol. The summed E-state index contributed by atoms with van der Waals surface area (Å²) in [4.78, 5) is 24.5. The minimum Gasteiger partial charge on any atom is -0.466 e. The lowest BCUT2D eigenvalue weighted by Gasteiger charge is -2.22.